The van der Waals surface area contributed by atoms with Gasteiger partial charge in [-0.1, -0.05) is 24.3 Å². The molecule has 0 aliphatic carbocycles. The summed E-state index contributed by atoms with van der Waals surface area (Å²) in [5.41, 5.74) is 4.37. The van der Waals surface area contributed by atoms with Crippen LogP contribution < -0.4 is 23.7 Å². The SMILES string of the molecule is COc1ccc(CCc2cc(O)c(OC)c(Oc3cc(CCc4cccc(OC)c4)cc(OC)c3)c2)cc1. The number of hydrogen-bond donors (Lipinski definition) is 1. The summed E-state index contributed by atoms with van der Waals surface area (Å²) in [6.45, 7) is 0. The number of ether oxygens (including phenoxy) is 5. The summed E-state index contributed by atoms with van der Waals surface area (Å²) in [5.74, 6) is 3.75. The molecule has 38 heavy (non-hydrogen) atoms. The lowest BCUT2D eigenvalue weighted by molar-refractivity contribution is 0.347. The van der Waals surface area contributed by atoms with E-state index in [1.807, 2.05) is 66.7 Å². The van der Waals surface area contributed by atoms with Gasteiger partial charge in [0.05, 0.1) is 28.4 Å². The van der Waals surface area contributed by atoms with Gasteiger partial charge in [0.15, 0.2) is 11.5 Å². The molecular formula is C32H34O6. The van der Waals surface area contributed by atoms with E-state index in [9.17, 15) is 5.11 Å². The van der Waals surface area contributed by atoms with Crippen LogP contribution >= 0.6 is 0 Å². The van der Waals surface area contributed by atoms with Crippen molar-refractivity contribution in [3.63, 3.8) is 0 Å². The van der Waals surface area contributed by atoms with Crippen LogP contribution in [0.4, 0.5) is 0 Å². The van der Waals surface area contributed by atoms with Gasteiger partial charge in [0.25, 0.3) is 0 Å². The van der Waals surface area contributed by atoms with Gasteiger partial charge in [0.1, 0.15) is 23.0 Å². The van der Waals surface area contributed by atoms with Crippen molar-refractivity contribution in [1.82, 2.24) is 0 Å². The highest BCUT2D eigenvalue weighted by Gasteiger charge is 2.15. The van der Waals surface area contributed by atoms with E-state index in [2.05, 4.69) is 6.07 Å². The topological polar surface area (TPSA) is 66.4 Å². The summed E-state index contributed by atoms with van der Waals surface area (Å²) in [7, 11) is 6.48. The van der Waals surface area contributed by atoms with Crippen molar-refractivity contribution in [2.45, 2.75) is 25.7 Å². The average molecular weight is 515 g/mol. The van der Waals surface area contributed by atoms with Crippen LogP contribution in [0.2, 0.25) is 0 Å². The fraction of sp³-hybridized carbons (Fsp3) is 0.250. The van der Waals surface area contributed by atoms with Gasteiger partial charge in [-0.05, 0) is 96.5 Å². The molecule has 0 fully saturated rings. The second-order valence-electron chi connectivity index (χ2n) is 8.96. The molecule has 0 spiro atoms. The molecule has 0 heterocycles. The third-order valence-electron chi connectivity index (χ3n) is 6.40. The zero-order chi connectivity index (χ0) is 26.9. The molecule has 0 unspecified atom stereocenters. The number of phenols is 1. The van der Waals surface area contributed by atoms with Crippen LogP contribution in [0.25, 0.3) is 0 Å². The van der Waals surface area contributed by atoms with Crippen LogP contribution in [0.15, 0.2) is 78.9 Å². The Balaban J connectivity index is 1.53. The minimum absolute atomic E-state index is 0.0378. The lowest BCUT2D eigenvalue weighted by Crippen LogP contribution is -1.98. The molecule has 198 valence electrons. The van der Waals surface area contributed by atoms with E-state index in [4.69, 9.17) is 23.7 Å². The lowest BCUT2D eigenvalue weighted by Gasteiger charge is -2.15. The molecule has 4 aromatic carbocycles. The minimum Gasteiger partial charge on any atom is -0.504 e. The third kappa shape index (κ3) is 6.91. The molecule has 0 aromatic heterocycles. The molecule has 0 bridgehead atoms. The highest BCUT2D eigenvalue weighted by Crippen LogP contribution is 2.41. The Kier molecular flexibility index (Phi) is 8.98. The second-order valence-corrected chi connectivity index (χ2v) is 8.96. The standard InChI is InChI=1S/C32H34O6/c1-34-26-14-12-22(13-15-26)8-10-25-19-30(33)32(37-4)31(20-25)38-29-18-24(17-28(21-29)36-3)11-9-23-6-5-7-27(16-23)35-2/h5-7,12-21,33H,8-11H2,1-4H3. The molecule has 1 N–H and O–H groups in total. The van der Waals surface area contributed by atoms with E-state index in [0.717, 1.165) is 48.3 Å². The van der Waals surface area contributed by atoms with E-state index in [0.29, 0.717) is 23.0 Å². The Bertz CT molecular complexity index is 1350. The first-order valence-electron chi connectivity index (χ1n) is 12.5. The van der Waals surface area contributed by atoms with Gasteiger partial charge in [-0.25, -0.2) is 0 Å². The van der Waals surface area contributed by atoms with Crippen molar-refractivity contribution in [2.24, 2.45) is 0 Å². The minimum atomic E-state index is 0.0378. The summed E-state index contributed by atoms with van der Waals surface area (Å²) < 4.78 is 27.9. The molecule has 6 heteroatoms. The fourth-order valence-electron chi connectivity index (χ4n) is 4.34. The predicted octanol–water partition coefficient (Wildman–Crippen LogP) is 6.79. The molecule has 4 aromatic rings. The quantitative estimate of drug-likeness (QED) is 0.225. The van der Waals surface area contributed by atoms with E-state index in [-0.39, 0.29) is 5.75 Å². The zero-order valence-corrected chi connectivity index (χ0v) is 22.3. The van der Waals surface area contributed by atoms with Crippen molar-refractivity contribution in [3.8, 4) is 40.2 Å². The number of aryl methyl sites for hydroxylation is 4. The van der Waals surface area contributed by atoms with Crippen LogP contribution in [0, 0.1) is 0 Å². The molecular weight excluding hydrogens is 480 g/mol. The second kappa shape index (κ2) is 12.8. The van der Waals surface area contributed by atoms with Gasteiger partial charge >= 0.3 is 0 Å². The Labute approximate surface area is 224 Å². The summed E-state index contributed by atoms with van der Waals surface area (Å²) >= 11 is 0. The lowest BCUT2D eigenvalue weighted by atomic mass is 10.0. The number of methoxy groups -OCH3 is 4. The number of rotatable bonds is 12. The highest BCUT2D eigenvalue weighted by atomic mass is 16.5. The van der Waals surface area contributed by atoms with Gasteiger partial charge in [0.2, 0.25) is 5.75 Å². The highest BCUT2D eigenvalue weighted by molar-refractivity contribution is 5.55. The fourth-order valence-corrected chi connectivity index (χ4v) is 4.34. The first-order chi connectivity index (χ1) is 18.5. The van der Waals surface area contributed by atoms with Crippen LogP contribution in [0.3, 0.4) is 0 Å². The van der Waals surface area contributed by atoms with Crippen LogP contribution in [-0.4, -0.2) is 33.5 Å². The summed E-state index contributed by atoms with van der Waals surface area (Å²) in [6.07, 6.45) is 3.17. The maximum absolute atomic E-state index is 10.7. The molecule has 0 aliphatic rings. The largest absolute Gasteiger partial charge is 0.504 e. The number of benzene rings is 4. The van der Waals surface area contributed by atoms with E-state index >= 15 is 0 Å². The molecule has 0 aliphatic heterocycles. The van der Waals surface area contributed by atoms with Crippen LogP contribution in [-0.2, 0) is 25.7 Å². The normalized spacial score (nSPS) is 10.6. The van der Waals surface area contributed by atoms with Crippen molar-refractivity contribution in [2.75, 3.05) is 28.4 Å². The van der Waals surface area contributed by atoms with Gasteiger partial charge in [-0.2, -0.15) is 0 Å². The summed E-state index contributed by atoms with van der Waals surface area (Å²) in [6, 6.07) is 25.5. The molecule has 0 saturated carbocycles. The molecule has 6 nitrogen and oxygen atoms in total. The number of phenolic OH excluding ortho intramolecular Hbond substituents is 1. The Morgan fingerprint density at radius 2 is 1.11 bits per heavy atom. The molecule has 0 saturated heterocycles. The van der Waals surface area contributed by atoms with Crippen molar-refractivity contribution in [1.29, 1.82) is 0 Å². The maximum atomic E-state index is 10.7. The molecule has 0 amide bonds. The van der Waals surface area contributed by atoms with E-state index in [1.54, 1.807) is 27.4 Å². The number of aromatic hydroxyl groups is 1. The average Bonchev–Trinajstić information content (AvgIpc) is 2.95. The van der Waals surface area contributed by atoms with Crippen molar-refractivity contribution >= 4 is 0 Å². The smallest absolute Gasteiger partial charge is 0.203 e. The summed E-state index contributed by atoms with van der Waals surface area (Å²) in [5, 5.41) is 10.7. The first-order valence-corrected chi connectivity index (χ1v) is 12.5. The van der Waals surface area contributed by atoms with Gasteiger partial charge in [-0.3, -0.25) is 0 Å². The van der Waals surface area contributed by atoms with Crippen molar-refractivity contribution in [3.05, 3.63) is 101 Å². The Hall–Kier alpha value is -4.32. The molecule has 0 radical (unpaired) electrons. The van der Waals surface area contributed by atoms with Gasteiger partial charge in [0, 0.05) is 6.07 Å². The number of hydrogen-bond acceptors (Lipinski definition) is 6. The monoisotopic (exact) mass is 514 g/mol. The van der Waals surface area contributed by atoms with Crippen LogP contribution in [0.5, 0.6) is 40.2 Å². The maximum Gasteiger partial charge on any atom is 0.203 e. The Morgan fingerprint density at radius 1 is 0.500 bits per heavy atom. The van der Waals surface area contributed by atoms with Gasteiger partial charge in [-0.15, -0.1) is 0 Å². The van der Waals surface area contributed by atoms with E-state index in [1.165, 1.54) is 18.2 Å². The summed E-state index contributed by atoms with van der Waals surface area (Å²) in [4.78, 5) is 0. The molecule has 0 atom stereocenters. The van der Waals surface area contributed by atoms with Crippen molar-refractivity contribution < 1.29 is 28.8 Å². The van der Waals surface area contributed by atoms with Crippen LogP contribution in [0.1, 0.15) is 22.3 Å². The van der Waals surface area contributed by atoms with E-state index < -0.39 is 0 Å². The van der Waals surface area contributed by atoms with Gasteiger partial charge < -0.3 is 28.8 Å². The zero-order valence-electron chi connectivity index (χ0n) is 22.3. The Morgan fingerprint density at radius 3 is 1.79 bits per heavy atom. The predicted molar refractivity (Wildman–Crippen MR) is 149 cm³/mol. The third-order valence-corrected chi connectivity index (χ3v) is 6.40. The molecule has 4 rings (SSSR count). The first kappa shape index (κ1) is 26.7.